The second-order valence-corrected chi connectivity index (χ2v) is 19.6. The van der Waals surface area contributed by atoms with Crippen LogP contribution in [0, 0.1) is 0 Å². The summed E-state index contributed by atoms with van der Waals surface area (Å²) in [6.45, 7) is 0. The predicted octanol–water partition coefficient (Wildman–Crippen LogP) is 12.6. The molecule has 0 spiro atoms. The Balaban J connectivity index is 1.52. The zero-order valence-corrected chi connectivity index (χ0v) is 43.2. The van der Waals surface area contributed by atoms with Gasteiger partial charge in [0, 0.05) is 169 Å². The lowest BCUT2D eigenvalue weighted by atomic mass is 9.93. The zero-order chi connectivity index (χ0) is 48.9. The quantitative estimate of drug-likeness (QED) is 0.0984. The van der Waals surface area contributed by atoms with Gasteiger partial charge in [-0.2, -0.15) is 0 Å². The van der Waals surface area contributed by atoms with Gasteiger partial charge in [-0.3, -0.25) is 0 Å². The van der Waals surface area contributed by atoms with E-state index in [-0.39, 0.29) is 0 Å². The van der Waals surface area contributed by atoms with Gasteiger partial charge in [0.25, 0.3) is 0 Å². The molecule has 0 saturated heterocycles. The van der Waals surface area contributed by atoms with E-state index in [2.05, 4.69) is 295 Å². The van der Waals surface area contributed by atoms with Gasteiger partial charge in [-0.15, -0.1) is 0 Å². The highest BCUT2D eigenvalue weighted by molar-refractivity contribution is 6.24. The molecule has 0 aromatic heterocycles. The molecule has 0 aliphatic rings. The van der Waals surface area contributed by atoms with Crippen molar-refractivity contribution in [2.45, 2.75) is 0 Å². The summed E-state index contributed by atoms with van der Waals surface area (Å²) in [7, 11) is 33.9. The lowest BCUT2D eigenvalue weighted by Gasteiger charge is -2.33. The SMILES string of the molecule is CN(C)c1cc(N(C)C)cc(N(c2cc(N(C)C)cc(N(C)C)c2)c2cc3c4ccccc4c(N(c4cc(N(C)C)cc(N(C)C)c4)c4cc(N(C)C)cc(N(C)C)c4)cc3c3ccccc23)c1. The Labute approximate surface area is 405 Å². The van der Waals surface area contributed by atoms with E-state index in [1.54, 1.807) is 0 Å². The van der Waals surface area contributed by atoms with Gasteiger partial charge in [-0.05, 0) is 106 Å². The van der Waals surface area contributed by atoms with Gasteiger partial charge in [0.15, 0.2) is 0 Å². The molecule has 0 unspecified atom stereocenters. The fourth-order valence-corrected chi connectivity index (χ4v) is 9.04. The van der Waals surface area contributed by atoms with Crippen LogP contribution in [0.1, 0.15) is 0 Å². The molecule has 8 rings (SSSR count). The lowest BCUT2D eigenvalue weighted by Crippen LogP contribution is -2.18. The first-order chi connectivity index (χ1) is 32.3. The van der Waals surface area contributed by atoms with E-state index in [9.17, 15) is 0 Å². The molecule has 10 heteroatoms. The molecule has 0 atom stereocenters. The minimum atomic E-state index is 1.08. The molecule has 0 amide bonds. The summed E-state index contributed by atoms with van der Waals surface area (Å²) in [4.78, 5) is 22.5. The van der Waals surface area contributed by atoms with Crippen molar-refractivity contribution in [3.05, 3.63) is 133 Å². The van der Waals surface area contributed by atoms with Crippen LogP contribution in [-0.2, 0) is 0 Å². The maximum absolute atomic E-state index is 2.47. The monoisotopic (exact) mass is 907 g/mol. The van der Waals surface area contributed by atoms with Crippen LogP contribution in [0.3, 0.4) is 0 Å². The average molecular weight is 907 g/mol. The summed E-state index contributed by atoms with van der Waals surface area (Å²) in [6.07, 6.45) is 0. The Hall–Kier alpha value is -7.46. The fourth-order valence-electron chi connectivity index (χ4n) is 9.04. The van der Waals surface area contributed by atoms with Crippen molar-refractivity contribution in [1.82, 2.24) is 0 Å². The average Bonchev–Trinajstić information content (AvgIpc) is 3.31. The first kappa shape index (κ1) is 47.0. The van der Waals surface area contributed by atoms with E-state index >= 15 is 0 Å². The van der Waals surface area contributed by atoms with E-state index in [0.29, 0.717) is 0 Å². The largest absolute Gasteiger partial charge is 0.378 e. The molecule has 8 aromatic rings. The first-order valence-electron chi connectivity index (χ1n) is 23.3. The second kappa shape index (κ2) is 18.7. The van der Waals surface area contributed by atoms with Gasteiger partial charge in [-0.1, -0.05) is 48.5 Å². The Bertz CT molecular complexity index is 2690. The number of nitrogens with zero attached hydrogens (tertiary/aromatic N) is 10. The summed E-state index contributed by atoms with van der Waals surface area (Å²) in [5.41, 5.74) is 15.5. The molecule has 0 N–H and O–H groups in total. The van der Waals surface area contributed by atoms with Gasteiger partial charge < -0.3 is 49.0 Å². The van der Waals surface area contributed by atoms with Crippen molar-refractivity contribution >= 4 is 112 Å². The highest BCUT2D eigenvalue weighted by Crippen LogP contribution is 2.50. The van der Waals surface area contributed by atoms with Crippen LogP contribution in [0.5, 0.6) is 0 Å². The third kappa shape index (κ3) is 9.03. The number of anilines is 14. The van der Waals surface area contributed by atoms with Crippen molar-refractivity contribution in [3.63, 3.8) is 0 Å². The van der Waals surface area contributed by atoms with Gasteiger partial charge in [-0.25, -0.2) is 0 Å². The molecule has 0 bridgehead atoms. The smallest absolute Gasteiger partial charge is 0.0546 e. The molecule has 0 radical (unpaired) electrons. The van der Waals surface area contributed by atoms with Gasteiger partial charge in [0.1, 0.15) is 0 Å². The molecule has 0 heterocycles. The van der Waals surface area contributed by atoms with Crippen LogP contribution in [0.15, 0.2) is 133 Å². The summed E-state index contributed by atoms with van der Waals surface area (Å²) in [6, 6.07) is 50.4. The summed E-state index contributed by atoms with van der Waals surface area (Å²) >= 11 is 0. The normalized spacial score (nSPS) is 11.2. The molecule has 0 saturated carbocycles. The number of hydrogen-bond donors (Lipinski definition) is 0. The van der Waals surface area contributed by atoms with E-state index in [1.807, 2.05) is 0 Å². The van der Waals surface area contributed by atoms with Crippen LogP contribution in [0.4, 0.5) is 79.6 Å². The lowest BCUT2D eigenvalue weighted by molar-refractivity contribution is 1.09. The van der Waals surface area contributed by atoms with E-state index in [4.69, 9.17) is 0 Å². The van der Waals surface area contributed by atoms with Gasteiger partial charge in [0.05, 0.1) is 34.1 Å². The third-order valence-electron chi connectivity index (χ3n) is 13.0. The fraction of sp³-hybridized carbons (Fsp3) is 0.276. The van der Waals surface area contributed by atoms with Crippen molar-refractivity contribution in [3.8, 4) is 0 Å². The van der Waals surface area contributed by atoms with Crippen LogP contribution in [0.25, 0.3) is 32.3 Å². The molecule has 8 aromatic carbocycles. The van der Waals surface area contributed by atoms with Gasteiger partial charge >= 0.3 is 0 Å². The van der Waals surface area contributed by atoms with Crippen LogP contribution < -0.4 is 49.0 Å². The molecule has 352 valence electrons. The summed E-state index contributed by atoms with van der Waals surface area (Å²) in [5.74, 6) is 0. The Morgan fingerprint density at radius 3 is 0.559 bits per heavy atom. The molecular formula is C58H70N10. The zero-order valence-electron chi connectivity index (χ0n) is 43.2. The summed E-state index contributed by atoms with van der Waals surface area (Å²) in [5, 5.41) is 7.04. The van der Waals surface area contributed by atoms with Crippen molar-refractivity contribution in [2.24, 2.45) is 0 Å². The minimum Gasteiger partial charge on any atom is -0.378 e. The standard InChI is InChI=1S/C58H70N10/c1-59(2)39-25-40(60(3)4)30-47(29-39)67(48-31-41(61(5)6)26-42(32-48)62(7)8)57-37-55-52-22-18-20-24-54(52)58(38-56(55)51-21-17-19-23-53(51)57)68(49-33-43(63(9)10)27-44(34-49)64(11)12)50-35-45(65(13)14)28-46(36-50)66(15)16/h17-38H,1-16H3. The van der Waals surface area contributed by atoms with E-state index < -0.39 is 0 Å². The molecular weight excluding hydrogens is 837 g/mol. The molecule has 0 aliphatic heterocycles. The number of rotatable bonds is 14. The molecule has 0 fully saturated rings. The van der Waals surface area contributed by atoms with Crippen LogP contribution in [-0.4, -0.2) is 113 Å². The van der Waals surface area contributed by atoms with Crippen LogP contribution >= 0.6 is 0 Å². The molecule has 68 heavy (non-hydrogen) atoms. The van der Waals surface area contributed by atoms with Gasteiger partial charge in [0.2, 0.25) is 0 Å². The Kier molecular flexibility index (Phi) is 12.9. The van der Waals surface area contributed by atoms with Crippen molar-refractivity contribution in [1.29, 1.82) is 0 Å². The van der Waals surface area contributed by atoms with Crippen LogP contribution in [0.2, 0.25) is 0 Å². The number of benzene rings is 8. The highest BCUT2D eigenvalue weighted by Gasteiger charge is 2.25. The van der Waals surface area contributed by atoms with E-state index in [1.165, 1.54) is 21.5 Å². The maximum Gasteiger partial charge on any atom is 0.0546 e. The second-order valence-electron chi connectivity index (χ2n) is 19.6. The number of hydrogen-bond acceptors (Lipinski definition) is 10. The highest BCUT2D eigenvalue weighted by atomic mass is 15.2. The summed E-state index contributed by atoms with van der Waals surface area (Å²) < 4.78 is 0. The Morgan fingerprint density at radius 2 is 0.368 bits per heavy atom. The van der Waals surface area contributed by atoms with Crippen molar-refractivity contribution in [2.75, 3.05) is 162 Å². The molecule has 10 nitrogen and oxygen atoms in total. The number of fused-ring (bicyclic) bond motifs is 5. The van der Waals surface area contributed by atoms with Crippen molar-refractivity contribution < 1.29 is 0 Å². The third-order valence-corrected chi connectivity index (χ3v) is 13.0. The molecule has 0 aliphatic carbocycles. The predicted molar refractivity (Wildman–Crippen MR) is 303 cm³/mol. The maximum atomic E-state index is 2.47. The first-order valence-corrected chi connectivity index (χ1v) is 23.3. The topological polar surface area (TPSA) is 32.4 Å². The van der Waals surface area contributed by atoms with E-state index in [0.717, 1.165) is 90.4 Å². The minimum absolute atomic E-state index is 1.08. The Morgan fingerprint density at radius 1 is 0.191 bits per heavy atom.